The Labute approximate surface area is 114 Å². The average Bonchev–Trinajstić information content (AvgIpc) is 2.92. The monoisotopic (exact) mass is 280 g/mol. The van der Waals surface area contributed by atoms with E-state index in [-0.39, 0.29) is 17.3 Å². The number of carbonyl (C=O) groups is 1. The van der Waals surface area contributed by atoms with Crippen molar-refractivity contribution in [2.45, 2.75) is 18.9 Å². The SMILES string of the molecule is COC(=O)c1cc(NC2CC=CC2)c([N+](=O)[O-])cc1F. The molecule has 0 saturated carbocycles. The van der Waals surface area contributed by atoms with Crippen molar-refractivity contribution in [3.8, 4) is 0 Å². The highest BCUT2D eigenvalue weighted by Gasteiger charge is 2.24. The molecule has 1 aromatic carbocycles. The van der Waals surface area contributed by atoms with Gasteiger partial charge >= 0.3 is 5.97 Å². The molecule has 0 atom stereocenters. The zero-order valence-electron chi connectivity index (χ0n) is 10.8. The largest absolute Gasteiger partial charge is 0.465 e. The first kappa shape index (κ1) is 14.0. The molecule has 0 saturated heterocycles. The van der Waals surface area contributed by atoms with Crippen LogP contribution in [0.15, 0.2) is 24.3 Å². The van der Waals surface area contributed by atoms with E-state index in [0.29, 0.717) is 0 Å². The number of rotatable bonds is 4. The molecule has 20 heavy (non-hydrogen) atoms. The van der Waals surface area contributed by atoms with Crippen molar-refractivity contribution in [1.82, 2.24) is 0 Å². The molecule has 0 unspecified atom stereocenters. The van der Waals surface area contributed by atoms with Gasteiger partial charge in [0.2, 0.25) is 0 Å². The quantitative estimate of drug-likeness (QED) is 0.397. The fourth-order valence-corrected chi connectivity index (χ4v) is 2.05. The van der Waals surface area contributed by atoms with Crippen molar-refractivity contribution in [2.24, 2.45) is 0 Å². The zero-order valence-corrected chi connectivity index (χ0v) is 10.8. The standard InChI is InChI=1S/C13H13FN2O4/c1-20-13(17)9-6-11(15-8-4-2-3-5-8)12(16(18)19)7-10(9)14/h2-3,6-8,15H,4-5H2,1H3. The summed E-state index contributed by atoms with van der Waals surface area (Å²) in [7, 11) is 1.12. The van der Waals surface area contributed by atoms with Gasteiger partial charge in [-0.05, 0) is 18.9 Å². The Morgan fingerprint density at radius 2 is 2.10 bits per heavy atom. The lowest BCUT2D eigenvalue weighted by atomic mass is 10.1. The number of hydrogen-bond donors (Lipinski definition) is 1. The summed E-state index contributed by atoms with van der Waals surface area (Å²) in [6.07, 6.45) is 5.35. The van der Waals surface area contributed by atoms with Gasteiger partial charge in [-0.2, -0.15) is 0 Å². The number of nitrogens with one attached hydrogen (secondary N) is 1. The number of methoxy groups -OCH3 is 1. The fourth-order valence-electron chi connectivity index (χ4n) is 2.05. The predicted octanol–water partition coefficient (Wildman–Crippen LogP) is 2.65. The van der Waals surface area contributed by atoms with Crippen molar-refractivity contribution in [3.05, 3.63) is 45.8 Å². The van der Waals surface area contributed by atoms with Crippen molar-refractivity contribution in [2.75, 3.05) is 12.4 Å². The van der Waals surface area contributed by atoms with Crippen LogP contribution < -0.4 is 5.32 Å². The van der Waals surface area contributed by atoms with Crippen LogP contribution in [0.3, 0.4) is 0 Å². The fraction of sp³-hybridized carbons (Fsp3) is 0.308. The van der Waals surface area contributed by atoms with Crippen molar-refractivity contribution < 1.29 is 18.8 Å². The lowest BCUT2D eigenvalue weighted by Gasteiger charge is -2.14. The van der Waals surface area contributed by atoms with E-state index in [9.17, 15) is 19.3 Å². The van der Waals surface area contributed by atoms with Gasteiger partial charge in [-0.25, -0.2) is 9.18 Å². The number of esters is 1. The molecule has 1 N–H and O–H groups in total. The molecular weight excluding hydrogens is 267 g/mol. The molecule has 0 aromatic heterocycles. The van der Waals surface area contributed by atoms with Crippen LogP contribution in [0.5, 0.6) is 0 Å². The maximum absolute atomic E-state index is 13.7. The van der Waals surface area contributed by atoms with E-state index in [1.807, 2.05) is 12.2 Å². The molecular formula is C13H13FN2O4. The smallest absolute Gasteiger partial charge is 0.340 e. The lowest BCUT2D eigenvalue weighted by Crippen LogP contribution is -2.17. The van der Waals surface area contributed by atoms with Crippen LogP contribution in [0.1, 0.15) is 23.2 Å². The molecule has 1 aromatic rings. The second-order valence-corrected chi connectivity index (χ2v) is 4.38. The Hall–Kier alpha value is -2.44. The van der Waals surface area contributed by atoms with Crippen LogP contribution in [0, 0.1) is 15.9 Å². The molecule has 0 heterocycles. The number of hydrogen-bond acceptors (Lipinski definition) is 5. The molecule has 1 aliphatic carbocycles. The summed E-state index contributed by atoms with van der Waals surface area (Å²) >= 11 is 0. The topological polar surface area (TPSA) is 81.5 Å². The number of nitro benzene ring substituents is 1. The molecule has 0 amide bonds. The Kier molecular flexibility index (Phi) is 3.97. The molecule has 6 nitrogen and oxygen atoms in total. The summed E-state index contributed by atoms with van der Waals surface area (Å²) in [4.78, 5) is 21.7. The van der Waals surface area contributed by atoms with Gasteiger partial charge in [0.1, 0.15) is 11.5 Å². The number of nitrogens with zero attached hydrogens (tertiary/aromatic N) is 1. The minimum atomic E-state index is -0.973. The molecule has 0 bridgehead atoms. The Bertz CT molecular complexity index is 578. The van der Waals surface area contributed by atoms with Gasteiger partial charge in [0.25, 0.3) is 5.69 Å². The third kappa shape index (κ3) is 2.76. The number of benzene rings is 1. The van der Waals surface area contributed by atoms with Gasteiger partial charge in [-0.3, -0.25) is 10.1 Å². The molecule has 0 aliphatic heterocycles. The first-order valence-electron chi connectivity index (χ1n) is 6.00. The van der Waals surface area contributed by atoms with E-state index < -0.39 is 22.4 Å². The van der Waals surface area contributed by atoms with Gasteiger partial charge in [0, 0.05) is 6.04 Å². The van der Waals surface area contributed by atoms with E-state index in [4.69, 9.17) is 0 Å². The third-order valence-electron chi connectivity index (χ3n) is 3.05. The summed E-state index contributed by atoms with van der Waals surface area (Å²) in [5.74, 6) is -1.84. The molecule has 7 heteroatoms. The first-order chi connectivity index (χ1) is 9.52. The van der Waals surface area contributed by atoms with Crippen LogP contribution in [0.25, 0.3) is 0 Å². The first-order valence-corrected chi connectivity index (χ1v) is 6.00. The summed E-state index contributed by atoms with van der Waals surface area (Å²) < 4.78 is 18.1. The zero-order chi connectivity index (χ0) is 14.7. The van der Waals surface area contributed by atoms with Crippen LogP contribution in [-0.4, -0.2) is 24.0 Å². The normalized spacial score (nSPS) is 14.3. The Morgan fingerprint density at radius 3 is 2.65 bits per heavy atom. The molecule has 0 fully saturated rings. The summed E-state index contributed by atoms with van der Waals surface area (Å²) in [5, 5.41) is 13.9. The summed E-state index contributed by atoms with van der Waals surface area (Å²) in [6.45, 7) is 0. The Morgan fingerprint density at radius 1 is 1.45 bits per heavy atom. The van der Waals surface area contributed by atoms with Crippen LogP contribution in [-0.2, 0) is 4.74 Å². The highest BCUT2D eigenvalue weighted by atomic mass is 19.1. The van der Waals surface area contributed by atoms with Crippen LogP contribution >= 0.6 is 0 Å². The summed E-state index contributed by atoms with van der Waals surface area (Å²) in [6, 6.07) is 1.86. The molecule has 106 valence electrons. The van der Waals surface area contributed by atoms with Crippen molar-refractivity contribution >= 4 is 17.3 Å². The van der Waals surface area contributed by atoms with E-state index in [1.54, 1.807) is 0 Å². The second kappa shape index (κ2) is 5.68. The lowest BCUT2D eigenvalue weighted by molar-refractivity contribution is -0.384. The van der Waals surface area contributed by atoms with Crippen molar-refractivity contribution in [3.63, 3.8) is 0 Å². The van der Waals surface area contributed by atoms with Gasteiger partial charge in [0.15, 0.2) is 0 Å². The van der Waals surface area contributed by atoms with Gasteiger partial charge in [-0.15, -0.1) is 0 Å². The van der Waals surface area contributed by atoms with E-state index in [1.165, 1.54) is 0 Å². The molecule has 0 radical (unpaired) electrons. The third-order valence-corrected chi connectivity index (χ3v) is 3.05. The predicted molar refractivity (Wildman–Crippen MR) is 70.2 cm³/mol. The highest BCUT2D eigenvalue weighted by molar-refractivity contribution is 5.92. The summed E-state index contributed by atoms with van der Waals surface area (Å²) in [5.41, 5.74) is -0.612. The van der Waals surface area contributed by atoms with E-state index >= 15 is 0 Å². The molecule has 1 aliphatic rings. The number of ether oxygens (including phenoxy) is 1. The van der Waals surface area contributed by atoms with Gasteiger partial charge in [-0.1, -0.05) is 12.2 Å². The van der Waals surface area contributed by atoms with Gasteiger partial charge in [0.05, 0.1) is 23.7 Å². The van der Waals surface area contributed by atoms with E-state index in [0.717, 1.165) is 32.1 Å². The number of carbonyl (C=O) groups excluding carboxylic acids is 1. The minimum absolute atomic E-state index is 0.00431. The van der Waals surface area contributed by atoms with Crippen LogP contribution in [0.2, 0.25) is 0 Å². The van der Waals surface area contributed by atoms with Crippen LogP contribution in [0.4, 0.5) is 15.8 Å². The maximum atomic E-state index is 13.7. The molecule has 0 spiro atoms. The minimum Gasteiger partial charge on any atom is -0.465 e. The number of anilines is 1. The van der Waals surface area contributed by atoms with E-state index in [2.05, 4.69) is 10.1 Å². The Balaban J connectivity index is 2.39. The number of nitro groups is 1. The average molecular weight is 280 g/mol. The maximum Gasteiger partial charge on any atom is 0.340 e. The van der Waals surface area contributed by atoms with Crippen molar-refractivity contribution in [1.29, 1.82) is 0 Å². The molecule has 2 rings (SSSR count). The highest BCUT2D eigenvalue weighted by Crippen LogP contribution is 2.30. The van der Waals surface area contributed by atoms with Gasteiger partial charge < -0.3 is 10.1 Å². The second-order valence-electron chi connectivity index (χ2n) is 4.38. The number of halogens is 1.